The monoisotopic (exact) mass is 341 g/mol. The number of carbonyl (C=O) groups excluding carboxylic acids is 1. The van der Waals surface area contributed by atoms with Crippen LogP contribution in [0, 0.1) is 0 Å². The summed E-state index contributed by atoms with van der Waals surface area (Å²) in [7, 11) is 0. The number of nitrogens with zero attached hydrogens (tertiary/aromatic N) is 1. The maximum atomic E-state index is 12.0. The maximum Gasteiger partial charge on any atom is 0.410 e. The standard InChI is InChI=1S/C15H20BrNO3/c1-14(2,3)20-13(18)17-9-8-15(19,10-17)11-6-4-5-7-12(11)16/h4-7,19H,8-10H2,1-3H3. The summed E-state index contributed by atoms with van der Waals surface area (Å²) in [6.07, 6.45) is 0.134. The second-order valence-corrected chi connectivity index (χ2v) is 7.02. The van der Waals surface area contributed by atoms with Crippen LogP contribution < -0.4 is 0 Å². The number of hydrogen-bond donors (Lipinski definition) is 1. The minimum Gasteiger partial charge on any atom is -0.444 e. The van der Waals surface area contributed by atoms with Crippen LogP contribution in [0.4, 0.5) is 4.79 Å². The van der Waals surface area contributed by atoms with Gasteiger partial charge in [0, 0.05) is 11.0 Å². The Morgan fingerprint density at radius 2 is 2.05 bits per heavy atom. The molecule has 0 bridgehead atoms. The first kappa shape index (κ1) is 15.3. The first-order valence-electron chi connectivity index (χ1n) is 6.67. The third-order valence-electron chi connectivity index (χ3n) is 3.27. The second-order valence-electron chi connectivity index (χ2n) is 6.16. The van der Waals surface area contributed by atoms with Crippen molar-refractivity contribution in [3.05, 3.63) is 34.3 Å². The van der Waals surface area contributed by atoms with E-state index >= 15 is 0 Å². The predicted molar refractivity (Wildman–Crippen MR) is 80.5 cm³/mol. The highest BCUT2D eigenvalue weighted by Gasteiger charge is 2.41. The van der Waals surface area contributed by atoms with E-state index in [2.05, 4.69) is 15.9 Å². The molecule has 1 N–H and O–H groups in total. The Morgan fingerprint density at radius 1 is 1.40 bits per heavy atom. The van der Waals surface area contributed by atoms with Crippen LogP contribution in [0.2, 0.25) is 0 Å². The fraction of sp³-hybridized carbons (Fsp3) is 0.533. The van der Waals surface area contributed by atoms with Crippen LogP contribution in [0.15, 0.2) is 28.7 Å². The third-order valence-corrected chi connectivity index (χ3v) is 3.97. The quantitative estimate of drug-likeness (QED) is 0.852. The number of carbonyl (C=O) groups is 1. The number of hydrogen-bond acceptors (Lipinski definition) is 3. The number of β-amino-alcohol motifs (C(OH)–C–C–N with tert-alkyl or cyclic N) is 1. The average molecular weight is 342 g/mol. The Kier molecular flexibility index (Phi) is 4.12. The molecule has 1 unspecified atom stereocenters. The number of halogens is 1. The molecule has 0 aromatic heterocycles. The normalized spacial score (nSPS) is 22.9. The van der Waals surface area contributed by atoms with Crippen LogP contribution in [-0.2, 0) is 10.3 Å². The van der Waals surface area contributed by atoms with Gasteiger partial charge in [-0.2, -0.15) is 0 Å². The van der Waals surface area contributed by atoms with Gasteiger partial charge in [0.15, 0.2) is 0 Å². The summed E-state index contributed by atoms with van der Waals surface area (Å²) in [5.41, 5.74) is -0.728. The Labute approximate surface area is 127 Å². The molecule has 4 nitrogen and oxygen atoms in total. The molecule has 110 valence electrons. The molecule has 0 aliphatic carbocycles. The largest absolute Gasteiger partial charge is 0.444 e. The summed E-state index contributed by atoms with van der Waals surface area (Å²) in [6.45, 7) is 6.25. The lowest BCUT2D eigenvalue weighted by molar-refractivity contribution is 0.0138. The number of ether oxygens (including phenoxy) is 1. The van der Waals surface area contributed by atoms with Crippen LogP contribution in [0.3, 0.4) is 0 Å². The number of amides is 1. The molecule has 1 aliphatic heterocycles. The van der Waals surface area contributed by atoms with Crippen LogP contribution in [0.1, 0.15) is 32.8 Å². The van der Waals surface area contributed by atoms with Crippen molar-refractivity contribution in [3.8, 4) is 0 Å². The zero-order chi connectivity index (χ0) is 15.0. The van der Waals surface area contributed by atoms with E-state index in [-0.39, 0.29) is 12.6 Å². The van der Waals surface area contributed by atoms with Crippen molar-refractivity contribution in [1.82, 2.24) is 4.90 Å². The summed E-state index contributed by atoms with van der Waals surface area (Å²) >= 11 is 3.45. The topological polar surface area (TPSA) is 49.8 Å². The molecule has 0 spiro atoms. The highest BCUT2D eigenvalue weighted by atomic mass is 79.9. The number of rotatable bonds is 1. The van der Waals surface area contributed by atoms with E-state index in [1.807, 2.05) is 45.0 Å². The first-order chi connectivity index (χ1) is 9.21. The van der Waals surface area contributed by atoms with E-state index in [0.717, 1.165) is 10.0 Å². The van der Waals surface area contributed by atoms with Gasteiger partial charge in [-0.1, -0.05) is 34.1 Å². The van der Waals surface area contributed by atoms with Crippen molar-refractivity contribution >= 4 is 22.0 Å². The zero-order valence-electron chi connectivity index (χ0n) is 12.0. The van der Waals surface area contributed by atoms with Gasteiger partial charge in [0.1, 0.15) is 11.2 Å². The number of likely N-dealkylation sites (tertiary alicyclic amines) is 1. The van der Waals surface area contributed by atoms with Crippen LogP contribution >= 0.6 is 15.9 Å². The zero-order valence-corrected chi connectivity index (χ0v) is 13.6. The summed E-state index contributed by atoms with van der Waals surface area (Å²) in [5.74, 6) is 0. The smallest absolute Gasteiger partial charge is 0.410 e. The Hall–Kier alpha value is -1.07. The summed E-state index contributed by atoms with van der Waals surface area (Å²) < 4.78 is 6.20. The van der Waals surface area contributed by atoms with Gasteiger partial charge in [-0.15, -0.1) is 0 Å². The van der Waals surface area contributed by atoms with E-state index in [0.29, 0.717) is 13.0 Å². The lowest BCUT2D eigenvalue weighted by Gasteiger charge is -2.27. The molecule has 5 heteroatoms. The Bertz CT molecular complexity index is 512. The van der Waals surface area contributed by atoms with E-state index in [4.69, 9.17) is 4.74 Å². The van der Waals surface area contributed by atoms with Crippen molar-refractivity contribution < 1.29 is 14.6 Å². The highest BCUT2D eigenvalue weighted by Crippen LogP contribution is 2.36. The Morgan fingerprint density at radius 3 is 2.65 bits per heavy atom. The molecule has 1 aliphatic rings. The van der Waals surface area contributed by atoms with Gasteiger partial charge >= 0.3 is 6.09 Å². The van der Waals surface area contributed by atoms with Crippen molar-refractivity contribution in [3.63, 3.8) is 0 Å². The molecule has 1 heterocycles. The van der Waals surface area contributed by atoms with Crippen LogP contribution in [-0.4, -0.2) is 34.8 Å². The second kappa shape index (κ2) is 5.37. The predicted octanol–water partition coefficient (Wildman–Crippen LogP) is 3.28. The van der Waals surface area contributed by atoms with Gasteiger partial charge in [0.2, 0.25) is 0 Å². The van der Waals surface area contributed by atoms with E-state index in [1.54, 1.807) is 4.90 Å². The number of aliphatic hydroxyl groups is 1. The van der Waals surface area contributed by atoms with Gasteiger partial charge in [0.25, 0.3) is 0 Å². The molecular formula is C15H20BrNO3. The fourth-order valence-corrected chi connectivity index (χ4v) is 2.99. The SMILES string of the molecule is CC(C)(C)OC(=O)N1CCC(O)(c2ccccc2Br)C1. The average Bonchev–Trinajstić information content (AvgIpc) is 2.71. The first-order valence-corrected chi connectivity index (χ1v) is 7.46. The van der Waals surface area contributed by atoms with Crippen molar-refractivity contribution in [2.45, 2.75) is 38.4 Å². The van der Waals surface area contributed by atoms with E-state index in [1.165, 1.54) is 0 Å². The lowest BCUT2D eigenvalue weighted by Crippen LogP contribution is -2.38. The summed E-state index contributed by atoms with van der Waals surface area (Å²) in [5, 5.41) is 10.8. The summed E-state index contributed by atoms with van der Waals surface area (Å²) in [4.78, 5) is 13.6. The van der Waals surface area contributed by atoms with Crippen molar-refractivity contribution in [1.29, 1.82) is 0 Å². The van der Waals surface area contributed by atoms with Gasteiger partial charge in [0.05, 0.1) is 6.54 Å². The molecule has 0 radical (unpaired) electrons. The molecule has 2 rings (SSSR count). The maximum absolute atomic E-state index is 12.0. The van der Waals surface area contributed by atoms with Gasteiger partial charge in [-0.05, 0) is 38.8 Å². The fourth-order valence-electron chi connectivity index (χ4n) is 2.33. The molecule has 1 aromatic rings. The molecule has 1 atom stereocenters. The highest BCUT2D eigenvalue weighted by molar-refractivity contribution is 9.10. The molecule has 1 amide bonds. The minimum atomic E-state index is -1.02. The van der Waals surface area contributed by atoms with E-state index < -0.39 is 11.2 Å². The van der Waals surface area contributed by atoms with Crippen LogP contribution in [0.25, 0.3) is 0 Å². The lowest BCUT2D eigenvalue weighted by atomic mass is 9.93. The molecule has 0 saturated carbocycles. The summed E-state index contributed by atoms with van der Waals surface area (Å²) in [6, 6.07) is 7.55. The van der Waals surface area contributed by atoms with Gasteiger partial charge in [-0.3, -0.25) is 0 Å². The molecule has 1 saturated heterocycles. The van der Waals surface area contributed by atoms with Crippen LogP contribution in [0.5, 0.6) is 0 Å². The van der Waals surface area contributed by atoms with Gasteiger partial charge in [-0.25, -0.2) is 4.79 Å². The molecule has 20 heavy (non-hydrogen) atoms. The van der Waals surface area contributed by atoms with E-state index in [9.17, 15) is 9.90 Å². The van der Waals surface area contributed by atoms with Crippen molar-refractivity contribution in [2.75, 3.05) is 13.1 Å². The molecular weight excluding hydrogens is 322 g/mol. The molecule has 1 fully saturated rings. The van der Waals surface area contributed by atoms with Crippen molar-refractivity contribution in [2.24, 2.45) is 0 Å². The van der Waals surface area contributed by atoms with Gasteiger partial charge < -0.3 is 14.7 Å². The third kappa shape index (κ3) is 3.33. The minimum absolute atomic E-state index is 0.254. The Balaban J connectivity index is 2.12. The number of benzene rings is 1. The molecule has 1 aromatic carbocycles.